The molecule has 6 rings (SSSR count). The minimum Gasteiger partial charge on any atom is -0.443 e. The second-order valence-electron chi connectivity index (χ2n) is 12.0. The zero-order chi connectivity index (χ0) is 33.2. The van der Waals surface area contributed by atoms with E-state index in [1.807, 2.05) is 0 Å². The van der Waals surface area contributed by atoms with Crippen LogP contribution in [0.25, 0.3) is 38.8 Å². The molecule has 0 atom stereocenters. The Hall–Kier alpha value is -5.08. The molecule has 0 aliphatic heterocycles. The SMILES string of the molecule is CCN(C(=O)OC(C)(C)C)c1cc(F)cc2c1[nH]c1ncc(-c3cnc(C4(C(=O)NC)CC4)nc3)c(-n3ccc(C(F)(F)F)n3)c12. The lowest BCUT2D eigenvalue weighted by atomic mass is 10.0. The molecule has 15 heteroatoms. The molecule has 1 aliphatic rings. The van der Waals surface area contributed by atoms with Gasteiger partial charge in [0.05, 0.1) is 22.3 Å². The Balaban J connectivity index is 1.59. The first-order valence-corrected chi connectivity index (χ1v) is 14.5. The fraction of sp³-hybridized carbons (Fsp3) is 0.355. The molecule has 0 spiro atoms. The van der Waals surface area contributed by atoms with Crippen molar-refractivity contribution >= 4 is 39.6 Å². The molecule has 240 valence electrons. The van der Waals surface area contributed by atoms with Gasteiger partial charge in [-0.1, -0.05) is 0 Å². The molecule has 0 bridgehead atoms. The number of ether oxygens (including phenoxy) is 1. The van der Waals surface area contributed by atoms with Gasteiger partial charge in [-0.05, 0) is 58.7 Å². The van der Waals surface area contributed by atoms with E-state index in [-0.39, 0.29) is 40.2 Å². The number of aromatic amines is 1. The quantitative estimate of drug-likeness (QED) is 0.216. The van der Waals surface area contributed by atoms with Crippen molar-refractivity contribution in [3.8, 4) is 16.8 Å². The lowest BCUT2D eigenvalue weighted by molar-refractivity contribution is -0.141. The molecule has 5 aromatic rings. The third-order valence-corrected chi connectivity index (χ3v) is 7.78. The molecule has 4 aromatic heterocycles. The van der Waals surface area contributed by atoms with E-state index in [0.717, 1.165) is 16.9 Å². The summed E-state index contributed by atoms with van der Waals surface area (Å²) >= 11 is 0. The Morgan fingerprint density at radius 1 is 1.11 bits per heavy atom. The minimum atomic E-state index is -4.73. The average Bonchev–Trinajstić information content (AvgIpc) is 3.48. The van der Waals surface area contributed by atoms with Gasteiger partial charge in [0.15, 0.2) is 5.69 Å². The monoisotopic (exact) mass is 638 g/mol. The van der Waals surface area contributed by atoms with E-state index < -0.39 is 34.8 Å². The van der Waals surface area contributed by atoms with Crippen molar-refractivity contribution in [2.75, 3.05) is 18.5 Å². The van der Waals surface area contributed by atoms with Crippen molar-refractivity contribution in [1.29, 1.82) is 0 Å². The molecule has 1 aliphatic carbocycles. The Morgan fingerprint density at radius 2 is 1.80 bits per heavy atom. The van der Waals surface area contributed by atoms with Crippen LogP contribution in [0.1, 0.15) is 52.1 Å². The molecule has 11 nitrogen and oxygen atoms in total. The zero-order valence-corrected chi connectivity index (χ0v) is 25.6. The number of amides is 2. The third kappa shape index (κ3) is 5.28. The van der Waals surface area contributed by atoms with Crippen LogP contribution in [0.5, 0.6) is 0 Å². The Morgan fingerprint density at radius 3 is 2.37 bits per heavy atom. The van der Waals surface area contributed by atoms with Crippen LogP contribution >= 0.6 is 0 Å². The molecule has 1 saturated carbocycles. The van der Waals surface area contributed by atoms with Gasteiger partial charge in [0.25, 0.3) is 0 Å². The minimum absolute atomic E-state index is 0.129. The molecule has 0 radical (unpaired) electrons. The van der Waals surface area contributed by atoms with Gasteiger partial charge in [0.1, 0.15) is 28.3 Å². The second-order valence-corrected chi connectivity index (χ2v) is 12.0. The first kappa shape index (κ1) is 30.9. The van der Waals surface area contributed by atoms with E-state index in [2.05, 4.69) is 30.4 Å². The number of fused-ring (bicyclic) bond motifs is 3. The van der Waals surface area contributed by atoms with Crippen LogP contribution in [-0.2, 0) is 21.1 Å². The summed E-state index contributed by atoms with van der Waals surface area (Å²) in [5.41, 5.74) is -1.29. The second kappa shape index (κ2) is 10.8. The highest BCUT2D eigenvalue weighted by atomic mass is 19.4. The van der Waals surface area contributed by atoms with Crippen LogP contribution in [0.4, 0.5) is 28.0 Å². The fourth-order valence-corrected chi connectivity index (χ4v) is 5.50. The predicted octanol–water partition coefficient (Wildman–Crippen LogP) is 6.06. The van der Waals surface area contributed by atoms with Crippen molar-refractivity contribution in [2.24, 2.45) is 0 Å². The van der Waals surface area contributed by atoms with Crippen molar-refractivity contribution in [2.45, 2.75) is 57.7 Å². The third-order valence-electron chi connectivity index (χ3n) is 7.78. The Labute approximate surface area is 260 Å². The molecule has 0 unspecified atom stereocenters. The van der Waals surface area contributed by atoms with E-state index in [1.165, 1.54) is 42.7 Å². The number of likely N-dealkylation sites (N-methyl/N-ethyl adjacent to an activating group) is 1. The maximum absolute atomic E-state index is 15.3. The topological polar surface area (TPSA) is 131 Å². The number of nitrogens with one attached hydrogen (secondary N) is 2. The average molecular weight is 639 g/mol. The highest BCUT2D eigenvalue weighted by Crippen LogP contribution is 2.47. The molecule has 4 heterocycles. The number of rotatable bonds is 6. The number of nitrogens with zero attached hydrogens (tertiary/aromatic N) is 6. The van der Waals surface area contributed by atoms with E-state index in [1.54, 1.807) is 27.7 Å². The zero-order valence-electron chi connectivity index (χ0n) is 25.6. The van der Waals surface area contributed by atoms with Gasteiger partial charge in [-0.15, -0.1) is 0 Å². The number of H-pyrrole nitrogens is 1. The van der Waals surface area contributed by atoms with Crippen molar-refractivity contribution in [1.82, 2.24) is 35.0 Å². The molecule has 1 fully saturated rings. The van der Waals surface area contributed by atoms with Crippen LogP contribution in [0, 0.1) is 5.82 Å². The molecular weight excluding hydrogens is 608 g/mol. The van der Waals surface area contributed by atoms with Crippen LogP contribution in [0.2, 0.25) is 0 Å². The molecule has 0 saturated heterocycles. The van der Waals surface area contributed by atoms with E-state index >= 15 is 4.39 Å². The Bertz CT molecular complexity index is 1990. The van der Waals surface area contributed by atoms with Gasteiger partial charge >= 0.3 is 12.3 Å². The molecule has 1 aromatic carbocycles. The lowest BCUT2D eigenvalue weighted by Crippen LogP contribution is -2.37. The number of hydrogen-bond donors (Lipinski definition) is 2. The van der Waals surface area contributed by atoms with Crippen LogP contribution in [0.3, 0.4) is 0 Å². The number of pyridine rings is 1. The largest absolute Gasteiger partial charge is 0.443 e. The number of halogens is 4. The maximum atomic E-state index is 15.3. The molecule has 2 N–H and O–H groups in total. The predicted molar refractivity (Wildman–Crippen MR) is 161 cm³/mol. The summed E-state index contributed by atoms with van der Waals surface area (Å²) in [5, 5.41) is 6.94. The first-order chi connectivity index (χ1) is 21.7. The van der Waals surface area contributed by atoms with Crippen LogP contribution in [-0.4, -0.2) is 60.9 Å². The summed E-state index contributed by atoms with van der Waals surface area (Å²) in [6.07, 6.45) is 1.24. The van der Waals surface area contributed by atoms with Gasteiger partial charge in [0, 0.05) is 54.9 Å². The summed E-state index contributed by atoms with van der Waals surface area (Å²) in [6, 6.07) is 3.22. The standard InChI is InChI=1S/C31H30F4N8O3/c1-6-42(28(45)46-29(2,3)4)20-12-17(32)11-18-22-24(43-10-7-21(41-43)31(33,34)35)19(15-37-25(22)40-23(18)20)16-13-38-26(39-14-16)30(8-9-30)27(44)36-5/h7,10-15H,6,8-9H2,1-5H3,(H,36,44)(H,37,40). The molecule has 2 amide bonds. The lowest BCUT2D eigenvalue weighted by Gasteiger charge is -2.27. The summed E-state index contributed by atoms with van der Waals surface area (Å²) in [6.45, 7) is 6.95. The van der Waals surface area contributed by atoms with E-state index in [0.29, 0.717) is 35.3 Å². The molecular formula is C31H30F4N8O3. The van der Waals surface area contributed by atoms with Crippen molar-refractivity contribution in [3.63, 3.8) is 0 Å². The maximum Gasteiger partial charge on any atom is 0.435 e. The summed E-state index contributed by atoms with van der Waals surface area (Å²) in [7, 11) is 1.53. The van der Waals surface area contributed by atoms with Crippen molar-refractivity contribution in [3.05, 3.63) is 60.3 Å². The van der Waals surface area contributed by atoms with E-state index in [9.17, 15) is 22.8 Å². The number of anilines is 1. The first-order valence-electron chi connectivity index (χ1n) is 14.5. The number of benzene rings is 1. The van der Waals surface area contributed by atoms with Gasteiger partial charge in [-0.3, -0.25) is 9.69 Å². The number of carbonyl (C=O) groups is 2. The summed E-state index contributed by atoms with van der Waals surface area (Å²) < 4.78 is 63.0. The summed E-state index contributed by atoms with van der Waals surface area (Å²) in [5.74, 6) is -0.579. The Kier molecular flexibility index (Phi) is 7.24. The number of hydrogen-bond acceptors (Lipinski definition) is 7. The number of alkyl halides is 3. The van der Waals surface area contributed by atoms with Crippen molar-refractivity contribution < 1.29 is 31.9 Å². The highest BCUT2D eigenvalue weighted by molar-refractivity contribution is 6.16. The van der Waals surface area contributed by atoms with Gasteiger partial charge in [0.2, 0.25) is 5.91 Å². The van der Waals surface area contributed by atoms with Crippen LogP contribution in [0.15, 0.2) is 43.0 Å². The molecule has 46 heavy (non-hydrogen) atoms. The fourth-order valence-electron chi connectivity index (χ4n) is 5.50. The van der Waals surface area contributed by atoms with E-state index in [4.69, 9.17) is 4.74 Å². The number of carbonyl (C=O) groups excluding carboxylic acids is 2. The summed E-state index contributed by atoms with van der Waals surface area (Å²) in [4.78, 5) is 43.4. The van der Waals surface area contributed by atoms with Crippen LogP contribution < -0.4 is 10.2 Å². The van der Waals surface area contributed by atoms with Gasteiger partial charge in [-0.25, -0.2) is 28.8 Å². The van der Waals surface area contributed by atoms with Gasteiger partial charge in [-0.2, -0.15) is 18.3 Å². The highest BCUT2D eigenvalue weighted by Gasteiger charge is 2.53. The van der Waals surface area contributed by atoms with Gasteiger partial charge < -0.3 is 15.0 Å². The number of aromatic nitrogens is 6. The smallest absolute Gasteiger partial charge is 0.435 e. The normalized spacial score (nSPS) is 14.5.